The fraction of sp³-hybridized carbons (Fsp3) is 0.292. The summed E-state index contributed by atoms with van der Waals surface area (Å²) in [5.41, 5.74) is 0.797. The van der Waals surface area contributed by atoms with Gasteiger partial charge in [0.15, 0.2) is 0 Å². The summed E-state index contributed by atoms with van der Waals surface area (Å²) < 4.78 is 7.99. The standard InChI is InChI=1S/C24H27N3O4/c1-17(2)31-21-11-9-20(10-12-21)18(3)25-22(28)16-27-23(29)13-14-26(24(27)30)15-19-7-5-4-6-8-19/h4-14,17-18H,15-16H2,1-3H3,(H,25,28). The van der Waals surface area contributed by atoms with Gasteiger partial charge in [-0.15, -0.1) is 0 Å². The number of hydrogen-bond donors (Lipinski definition) is 1. The van der Waals surface area contributed by atoms with E-state index in [4.69, 9.17) is 4.74 Å². The predicted octanol–water partition coefficient (Wildman–Crippen LogP) is 2.72. The molecule has 1 aromatic heterocycles. The van der Waals surface area contributed by atoms with E-state index in [0.29, 0.717) is 6.54 Å². The molecule has 0 aliphatic rings. The van der Waals surface area contributed by atoms with Crippen LogP contribution < -0.4 is 21.3 Å². The van der Waals surface area contributed by atoms with Crippen molar-refractivity contribution in [3.8, 4) is 5.75 Å². The average molecular weight is 421 g/mol. The van der Waals surface area contributed by atoms with Crippen LogP contribution in [0.1, 0.15) is 37.9 Å². The van der Waals surface area contributed by atoms with Crippen LogP contribution >= 0.6 is 0 Å². The molecule has 3 aromatic rings. The van der Waals surface area contributed by atoms with Gasteiger partial charge in [0.25, 0.3) is 5.56 Å². The van der Waals surface area contributed by atoms with E-state index >= 15 is 0 Å². The van der Waals surface area contributed by atoms with Gasteiger partial charge < -0.3 is 10.1 Å². The first-order valence-corrected chi connectivity index (χ1v) is 10.2. The fourth-order valence-corrected chi connectivity index (χ4v) is 3.22. The Bertz CT molecular complexity index is 1130. The van der Waals surface area contributed by atoms with E-state index in [-0.39, 0.29) is 18.7 Å². The summed E-state index contributed by atoms with van der Waals surface area (Å²) in [5, 5.41) is 2.84. The second-order valence-corrected chi connectivity index (χ2v) is 7.66. The summed E-state index contributed by atoms with van der Waals surface area (Å²) in [6.45, 7) is 5.73. The average Bonchev–Trinajstić information content (AvgIpc) is 2.74. The zero-order valence-corrected chi connectivity index (χ0v) is 17.9. The van der Waals surface area contributed by atoms with Gasteiger partial charge >= 0.3 is 5.69 Å². The molecule has 1 heterocycles. The Morgan fingerprint density at radius 2 is 1.65 bits per heavy atom. The second-order valence-electron chi connectivity index (χ2n) is 7.66. The lowest BCUT2D eigenvalue weighted by Crippen LogP contribution is -2.43. The van der Waals surface area contributed by atoms with Crippen LogP contribution in [0, 0.1) is 0 Å². The SMILES string of the molecule is CC(C)Oc1ccc(C(C)NC(=O)Cn2c(=O)ccn(Cc3ccccc3)c2=O)cc1. The molecule has 7 nitrogen and oxygen atoms in total. The minimum Gasteiger partial charge on any atom is -0.491 e. The lowest BCUT2D eigenvalue weighted by Gasteiger charge is -2.16. The Labute approximate surface area is 180 Å². The van der Waals surface area contributed by atoms with Crippen molar-refractivity contribution in [1.29, 1.82) is 0 Å². The molecule has 0 saturated carbocycles. The number of aromatic nitrogens is 2. The molecule has 0 spiro atoms. The van der Waals surface area contributed by atoms with Crippen LogP contribution in [0.4, 0.5) is 0 Å². The number of amides is 1. The highest BCUT2D eigenvalue weighted by molar-refractivity contribution is 5.76. The number of nitrogens with zero attached hydrogens (tertiary/aromatic N) is 2. The molecule has 1 amide bonds. The first-order valence-electron chi connectivity index (χ1n) is 10.2. The molecule has 1 atom stereocenters. The quantitative estimate of drug-likeness (QED) is 0.606. The Balaban J connectivity index is 1.69. The predicted molar refractivity (Wildman–Crippen MR) is 119 cm³/mol. The zero-order chi connectivity index (χ0) is 22.4. The summed E-state index contributed by atoms with van der Waals surface area (Å²) in [7, 11) is 0. The molecule has 162 valence electrons. The molecule has 0 saturated heterocycles. The van der Waals surface area contributed by atoms with Gasteiger partial charge in [0.1, 0.15) is 12.3 Å². The molecule has 1 unspecified atom stereocenters. The number of rotatable bonds is 8. The molecule has 0 radical (unpaired) electrons. The van der Waals surface area contributed by atoms with Gasteiger partial charge in [-0.2, -0.15) is 0 Å². The number of nitrogens with one attached hydrogen (secondary N) is 1. The lowest BCUT2D eigenvalue weighted by molar-refractivity contribution is -0.122. The highest BCUT2D eigenvalue weighted by atomic mass is 16.5. The maximum atomic E-state index is 12.7. The Hall–Kier alpha value is -3.61. The number of hydrogen-bond acceptors (Lipinski definition) is 4. The fourth-order valence-electron chi connectivity index (χ4n) is 3.22. The van der Waals surface area contributed by atoms with Crippen molar-refractivity contribution in [2.75, 3.05) is 0 Å². The van der Waals surface area contributed by atoms with Gasteiger partial charge in [-0.25, -0.2) is 4.79 Å². The van der Waals surface area contributed by atoms with Crippen molar-refractivity contribution >= 4 is 5.91 Å². The maximum Gasteiger partial charge on any atom is 0.331 e. The third-order valence-electron chi connectivity index (χ3n) is 4.77. The van der Waals surface area contributed by atoms with Gasteiger partial charge in [0.2, 0.25) is 5.91 Å². The Morgan fingerprint density at radius 1 is 0.968 bits per heavy atom. The van der Waals surface area contributed by atoms with Gasteiger partial charge in [0, 0.05) is 12.3 Å². The maximum absolute atomic E-state index is 12.7. The second kappa shape index (κ2) is 9.93. The van der Waals surface area contributed by atoms with E-state index < -0.39 is 17.2 Å². The molecule has 0 aliphatic heterocycles. The first kappa shape index (κ1) is 22.1. The zero-order valence-electron chi connectivity index (χ0n) is 17.9. The van der Waals surface area contributed by atoms with Crippen molar-refractivity contribution in [2.45, 2.75) is 46.0 Å². The van der Waals surface area contributed by atoms with Crippen LogP contribution in [-0.4, -0.2) is 21.1 Å². The van der Waals surface area contributed by atoms with Crippen molar-refractivity contribution in [3.05, 3.63) is 98.8 Å². The molecule has 3 rings (SSSR count). The summed E-state index contributed by atoms with van der Waals surface area (Å²) in [4.78, 5) is 37.5. The molecule has 2 aromatic carbocycles. The number of carbonyl (C=O) groups excluding carboxylic acids is 1. The lowest BCUT2D eigenvalue weighted by atomic mass is 10.1. The molecule has 31 heavy (non-hydrogen) atoms. The van der Waals surface area contributed by atoms with Crippen molar-refractivity contribution in [2.24, 2.45) is 0 Å². The topological polar surface area (TPSA) is 82.3 Å². The molecule has 0 aliphatic carbocycles. The molecular weight excluding hydrogens is 394 g/mol. The van der Waals surface area contributed by atoms with E-state index in [0.717, 1.165) is 21.4 Å². The molecule has 7 heteroatoms. The first-order chi connectivity index (χ1) is 14.8. The molecule has 1 N–H and O–H groups in total. The Morgan fingerprint density at radius 3 is 2.29 bits per heavy atom. The van der Waals surface area contributed by atoms with E-state index in [1.54, 1.807) is 0 Å². The van der Waals surface area contributed by atoms with Crippen LogP contribution in [0.15, 0.2) is 76.4 Å². The van der Waals surface area contributed by atoms with Gasteiger partial charge in [-0.3, -0.25) is 18.7 Å². The third kappa shape index (κ3) is 5.94. The van der Waals surface area contributed by atoms with Crippen LogP contribution in [0.2, 0.25) is 0 Å². The van der Waals surface area contributed by atoms with Gasteiger partial charge in [0.05, 0.1) is 18.7 Å². The van der Waals surface area contributed by atoms with Crippen molar-refractivity contribution < 1.29 is 9.53 Å². The number of carbonyl (C=O) groups is 1. The molecular formula is C24H27N3O4. The minimum absolute atomic E-state index is 0.0816. The van der Waals surface area contributed by atoms with Gasteiger partial charge in [-0.1, -0.05) is 42.5 Å². The van der Waals surface area contributed by atoms with Crippen molar-refractivity contribution in [1.82, 2.24) is 14.5 Å². The number of benzene rings is 2. The molecule has 0 fully saturated rings. The number of ether oxygens (including phenoxy) is 1. The van der Waals surface area contributed by atoms with Crippen LogP contribution in [0.3, 0.4) is 0 Å². The minimum atomic E-state index is -0.519. The van der Waals surface area contributed by atoms with E-state index in [1.165, 1.54) is 16.8 Å². The molecule has 0 bridgehead atoms. The third-order valence-corrected chi connectivity index (χ3v) is 4.77. The van der Waals surface area contributed by atoms with Crippen LogP contribution in [-0.2, 0) is 17.9 Å². The monoisotopic (exact) mass is 421 g/mol. The largest absolute Gasteiger partial charge is 0.491 e. The summed E-state index contributed by atoms with van der Waals surface area (Å²) in [6.07, 6.45) is 1.54. The van der Waals surface area contributed by atoms with Crippen molar-refractivity contribution in [3.63, 3.8) is 0 Å². The highest BCUT2D eigenvalue weighted by Crippen LogP contribution is 2.18. The van der Waals surface area contributed by atoms with E-state index in [1.807, 2.05) is 75.4 Å². The van der Waals surface area contributed by atoms with Crippen LogP contribution in [0.5, 0.6) is 5.75 Å². The van der Waals surface area contributed by atoms with E-state index in [2.05, 4.69) is 5.32 Å². The van der Waals surface area contributed by atoms with E-state index in [9.17, 15) is 14.4 Å². The van der Waals surface area contributed by atoms with Gasteiger partial charge in [-0.05, 0) is 44.0 Å². The Kier molecular flexibility index (Phi) is 7.07. The smallest absolute Gasteiger partial charge is 0.331 e. The summed E-state index contributed by atoms with van der Waals surface area (Å²) in [5.74, 6) is 0.346. The highest BCUT2D eigenvalue weighted by Gasteiger charge is 2.14. The van der Waals surface area contributed by atoms with Crippen LogP contribution in [0.25, 0.3) is 0 Å². The summed E-state index contributed by atoms with van der Waals surface area (Å²) in [6, 6.07) is 17.9. The normalized spacial score (nSPS) is 11.9. The summed E-state index contributed by atoms with van der Waals surface area (Å²) >= 11 is 0.